The number of carbonyl (C=O) groups is 1. The van der Waals surface area contributed by atoms with Gasteiger partial charge in [-0.3, -0.25) is 0 Å². The average molecular weight is 318 g/mol. The molecule has 0 bridgehead atoms. The molecule has 1 unspecified atom stereocenters. The molecule has 5 nitrogen and oxygen atoms in total. The Hall–Kier alpha value is -1.37. The van der Waals surface area contributed by atoms with Crippen LogP contribution in [0.5, 0.6) is 0 Å². The lowest BCUT2D eigenvalue weighted by Crippen LogP contribution is -2.54. The van der Waals surface area contributed by atoms with Gasteiger partial charge in [-0.2, -0.15) is 0 Å². The van der Waals surface area contributed by atoms with Crippen molar-refractivity contribution in [2.75, 3.05) is 19.6 Å². The van der Waals surface area contributed by atoms with Crippen molar-refractivity contribution in [3.8, 4) is 0 Å². The van der Waals surface area contributed by atoms with Crippen LogP contribution in [0.3, 0.4) is 0 Å². The van der Waals surface area contributed by atoms with Gasteiger partial charge >= 0.3 is 6.03 Å². The summed E-state index contributed by atoms with van der Waals surface area (Å²) in [6, 6.07) is 5.70. The summed E-state index contributed by atoms with van der Waals surface area (Å²) < 4.78 is 13.0. The zero-order valence-corrected chi connectivity index (χ0v) is 12.5. The Morgan fingerprint density at radius 2 is 2.24 bits per heavy atom. The van der Waals surface area contributed by atoms with E-state index in [1.54, 1.807) is 12.1 Å². The third kappa shape index (κ3) is 5.87. The van der Waals surface area contributed by atoms with Crippen molar-refractivity contribution >= 4 is 18.4 Å². The van der Waals surface area contributed by atoms with E-state index in [9.17, 15) is 14.3 Å². The number of hydrogen-bond donors (Lipinski definition) is 4. The molecule has 0 aliphatic carbocycles. The zero-order chi connectivity index (χ0) is 14.4. The molecule has 21 heavy (non-hydrogen) atoms. The van der Waals surface area contributed by atoms with Gasteiger partial charge in [-0.25, -0.2) is 9.18 Å². The molecule has 1 fully saturated rings. The predicted molar refractivity (Wildman–Crippen MR) is 80.9 cm³/mol. The second-order valence-corrected chi connectivity index (χ2v) is 5.17. The fourth-order valence-corrected chi connectivity index (χ4v) is 2.24. The van der Waals surface area contributed by atoms with Gasteiger partial charge in [-0.1, -0.05) is 12.1 Å². The fraction of sp³-hybridized carbons (Fsp3) is 0.500. The minimum Gasteiger partial charge on any atom is -0.387 e. The Balaban J connectivity index is 0.00000220. The zero-order valence-electron chi connectivity index (χ0n) is 11.7. The molecule has 1 aliphatic heterocycles. The topological polar surface area (TPSA) is 73.4 Å². The molecule has 1 atom stereocenters. The summed E-state index contributed by atoms with van der Waals surface area (Å²) in [4.78, 5) is 11.6. The highest BCUT2D eigenvalue weighted by Gasteiger charge is 2.29. The van der Waals surface area contributed by atoms with E-state index in [0.717, 1.165) is 13.0 Å². The lowest BCUT2D eigenvalue weighted by Gasteiger charge is -2.32. The molecule has 0 spiro atoms. The molecule has 1 heterocycles. The normalized spacial score (nSPS) is 21.2. The van der Waals surface area contributed by atoms with Crippen LogP contribution in [0.15, 0.2) is 24.3 Å². The largest absolute Gasteiger partial charge is 0.387 e. The highest BCUT2D eigenvalue weighted by Crippen LogP contribution is 2.14. The van der Waals surface area contributed by atoms with Gasteiger partial charge in [0.15, 0.2) is 0 Å². The molecule has 2 amide bonds. The number of β-amino-alcohol motifs (C(OH)–C–C–N with tert-alkyl or cyclic N) is 1. The van der Waals surface area contributed by atoms with Crippen LogP contribution in [0.1, 0.15) is 18.4 Å². The third-order valence-corrected chi connectivity index (χ3v) is 3.37. The first kappa shape index (κ1) is 17.7. The van der Waals surface area contributed by atoms with E-state index in [4.69, 9.17) is 0 Å². The number of benzene rings is 1. The first-order valence-corrected chi connectivity index (χ1v) is 6.77. The van der Waals surface area contributed by atoms with Crippen LogP contribution in [0.4, 0.5) is 9.18 Å². The Labute approximate surface area is 129 Å². The average Bonchev–Trinajstić information content (AvgIpc) is 2.44. The van der Waals surface area contributed by atoms with Gasteiger partial charge in [-0.15, -0.1) is 12.4 Å². The van der Waals surface area contributed by atoms with Crippen molar-refractivity contribution in [1.29, 1.82) is 0 Å². The molecule has 7 heteroatoms. The lowest BCUT2D eigenvalue weighted by atomic mass is 9.94. The van der Waals surface area contributed by atoms with Crippen molar-refractivity contribution in [3.63, 3.8) is 0 Å². The van der Waals surface area contributed by atoms with Crippen LogP contribution >= 0.6 is 12.4 Å². The summed E-state index contributed by atoms with van der Waals surface area (Å²) in [7, 11) is 0. The van der Waals surface area contributed by atoms with Gasteiger partial charge < -0.3 is 21.1 Å². The van der Waals surface area contributed by atoms with E-state index in [-0.39, 0.29) is 37.3 Å². The Kier molecular flexibility index (Phi) is 6.87. The van der Waals surface area contributed by atoms with Gasteiger partial charge in [0.2, 0.25) is 0 Å². The summed E-state index contributed by atoms with van der Waals surface area (Å²) >= 11 is 0. The van der Waals surface area contributed by atoms with Crippen LogP contribution in [0.25, 0.3) is 0 Å². The maximum absolute atomic E-state index is 13.0. The standard InChI is InChI=1S/C14H20FN3O2.ClH/c15-12-4-1-3-11(7-12)8-17-13(19)18-10-14(20)5-2-6-16-9-14;/h1,3-4,7,16,20H,2,5-6,8-10H2,(H2,17,18,19);1H. The Morgan fingerprint density at radius 1 is 1.43 bits per heavy atom. The highest BCUT2D eigenvalue weighted by atomic mass is 35.5. The second kappa shape index (κ2) is 8.17. The Bertz CT molecular complexity index is 467. The van der Waals surface area contributed by atoms with Crippen molar-refractivity contribution in [2.24, 2.45) is 0 Å². The van der Waals surface area contributed by atoms with E-state index in [1.165, 1.54) is 12.1 Å². The van der Waals surface area contributed by atoms with Crippen LogP contribution in [-0.2, 0) is 6.54 Å². The van der Waals surface area contributed by atoms with Gasteiger partial charge in [0.05, 0.1) is 5.60 Å². The molecule has 118 valence electrons. The predicted octanol–water partition coefficient (Wildman–Crippen LogP) is 1.16. The van der Waals surface area contributed by atoms with Crippen LogP contribution in [0.2, 0.25) is 0 Å². The number of amides is 2. The van der Waals surface area contributed by atoms with Crippen LogP contribution in [0, 0.1) is 5.82 Å². The summed E-state index contributed by atoms with van der Waals surface area (Å²) in [6.07, 6.45) is 1.56. The van der Waals surface area contributed by atoms with E-state index >= 15 is 0 Å². The number of carbonyl (C=O) groups excluding carboxylic acids is 1. The SMILES string of the molecule is Cl.O=C(NCc1cccc(F)c1)NCC1(O)CCCNC1. The summed E-state index contributed by atoms with van der Waals surface area (Å²) in [5.41, 5.74) is -0.188. The van der Waals surface area contributed by atoms with Gasteiger partial charge in [0.25, 0.3) is 0 Å². The molecule has 2 rings (SSSR count). The van der Waals surface area contributed by atoms with Crippen molar-refractivity contribution in [1.82, 2.24) is 16.0 Å². The van der Waals surface area contributed by atoms with E-state index in [2.05, 4.69) is 16.0 Å². The van der Waals surface area contributed by atoms with Gasteiger partial charge in [0, 0.05) is 19.6 Å². The van der Waals surface area contributed by atoms with Crippen molar-refractivity contribution < 1.29 is 14.3 Å². The first-order chi connectivity index (χ1) is 9.57. The van der Waals surface area contributed by atoms with Crippen molar-refractivity contribution in [2.45, 2.75) is 25.0 Å². The van der Waals surface area contributed by atoms with Gasteiger partial charge in [-0.05, 0) is 37.1 Å². The quantitative estimate of drug-likeness (QED) is 0.673. The maximum atomic E-state index is 13.0. The summed E-state index contributed by atoms with van der Waals surface area (Å²) in [5, 5.41) is 18.6. The highest BCUT2D eigenvalue weighted by molar-refractivity contribution is 5.85. The molecular weight excluding hydrogens is 297 g/mol. The minimum atomic E-state index is -0.881. The fourth-order valence-electron chi connectivity index (χ4n) is 2.24. The Morgan fingerprint density at radius 3 is 2.90 bits per heavy atom. The number of rotatable bonds is 4. The molecule has 1 aromatic carbocycles. The first-order valence-electron chi connectivity index (χ1n) is 6.77. The third-order valence-electron chi connectivity index (χ3n) is 3.37. The molecule has 0 radical (unpaired) electrons. The molecule has 1 aromatic rings. The molecule has 0 aromatic heterocycles. The number of nitrogens with one attached hydrogen (secondary N) is 3. The number of piperidine rings is 1. The minimum absolute atomic E-state index is 0. The number of halogens is 2. The molecule has 4 N–H and O–H groups in total. The van der Waals surface area contributed by atoms with E-state index in [1.807, 2.05) is 0 Å². The molecule has 1 aliphatic rings. The number of aliphatic hydroxyl groups is 1. The smallest absolute Gasteiger partial charge is 0.315 e. The summed E-state index contributed by atoms with van der Waals surface area (Å²) in [5.74, 6) is -0.327. The number of hydrogen-bond acceptors (Lipinski definition) is 3. The van der Waals surface area contributed by atoms with Crippen LogP contribution < -0.4 is 16.0 Å². The second-order valence-electron chi connectivity index (χ2n) is 5.17. The molecule has 1 saturated heterocycles. The maximum Gasteiger partial charge on any atom is 0.315 e. The van der Waals surface area contributed by atoms with Crippen LogP contribution in [-0.4, -0.2) is 36.4 Å². The van der Waals surface area contributed by atoms with Gasteiger partial charge in [0.1, 0.15) is 5.82 Å². The monoisotopic (exact) mass is 317 g/mol. The lowest BCUT2D eigenvalue weighted by molar-refractivity contribution is 0.0194. The molecular formula is C14H21ClFN3O2. The summed E-state index contributed by atoms with van der Waals surface area (Å²) in [6.45, 7) is 1.83. The van der Waals surface area contributed by atoms with E-state index < -0.39 is 5.60 Å². The number of urea groups is 1. The van der Waals surface area contributed by atoms with Crippen molar-refractivity contribution in [3.05, 3.63) is 35.6 Å². The van der Waals surface area contributed by atoms with E-state index in [0.29, 0.717) is 18.5 Å². The molecule has 0 saturated carbocycles.